The van der Waals surface area contributed by atoms with Gasteiger partial charge in [0.05, 0.1) is 18.9 Å². The Morgan fingerprint density at radius 3 is 2.63 bits per heavy atom. The minimum atomic E-state index is -2.84. The highest BCUT2D eigenvalue weighted by Gasteiger charge is 2.69. The monoisotopic (exact) mass is 422 g/mol. The van der Waals surface area contributed by atoms with Gasteiger partial charge in [-0.05, 0) is 74.0 Å². The molecular weight excluding hydrogens is 389 g/mol. The Kier molecular flexibility index (Phi) is 4.86. The summed E-state index contributed by atoms with van der Waals surface area (Å²) < 4.78 is 46.2. The first kappa shape index (κ1) is 20.6. The maximum absolute atomic E-state index is 15.9. The minimum Gasteiger partial charge on any atom is -0.297 e. The molecule has 30 heavy (non-hydrogen) atoms. The number of carbonyl (C=O) groups excluding carboxylic acids is 1. The molecule has 4 fully saturated rings. The molecule has 0 N–H and O–H groups in total. The van der Waals surface area contributed by atoms with Gasteiger partial charge in [0.25, 0.3) is 5.92 Å². The van der Waals surface area contributed by atoms with Crippen LogP contribution in [0.3, 0.4) is 0 Å². The van der Waals surface area contributed by atoms with Crippen molar-refractivity contribution in [3.8, 4) is 0 Å². The fourth-order valence-electron chi connectivity index (χ4n) is 8.25. The second-order valence-electron chi connectivity index (χ2n) is 11.0. The number of aromatic nitrogens is 2. The normalized spacial score (nSPS) is 44.8. The molecule has 1 aromatic rings. The lowest BCUT2D eigenvalue weighted by Gasteiger charge is -2.58. The molecule has 1 heterocycles. The van der Waals surface area contributed by atoms with Crippen LogP contribution in [-0.4, -0.2) is 21.5 Å². The number of hydrogen-bond donors (Lipinski definition) is 0. The molecule has 6 heteroatoms. The van der Waals surface area contributed by atoms with Crippen LogP contribution in [0.2, 0.25) is 0 Å². The van der Waals surface area contributed by atoms with Crippen LogP contribution in [0.25, 0.3) is 0 Å². The smallest absolute Gasteiger partial charge is 0.254 e. The first-order valence-electron chi connectivity index (χ1n) is 11.8. The Balaban J connectivity index is 1.41. The molecule has 0 radical (unpaired) electrons. The Bertz CT molecular complexity index is 823. The number of nitrogens with zero attached hydrogens (tertiary/aromatic N) is 2. The summed E-state index contributed by atoms with van der Waals surface area (Å²) >= 11 is 0. The van der Waals surface area contributed by atoms with E-state index in [2.05, 4.69) is 12.0 Å². The SMILES string of the molecule is CC1CCC2C(CCC3C2CC(F)(F)C2(C)C(C(=O)Cn4cc(F)cn4)CCC32)C1. The van der Waals surface area contributed by atoms with Crippen LogP contribution in [-0.2, 0) is 11.3 Å². The summed E-state index contributed by atoms with van der Waals surface area (Å²) in [6.45, 7) is 3.86. The number of alkyl halides is 2. The van der Waals surface area contributed by atoms with Crippen LogP contribution < -0.4 is 0 Å². The highest BCUT2D eigenvalue weighted by atomic mass is 19.3. The first-order valence-corrected chi connectivity index (χ1v) is 11.8. The van der Waals surface area contributed by atoms with Gasteiger partial charge in [-0.2, -0.15) is 5.10 Å². The van der Waals surface area contributed by atoms with E-state index in [0.717, 1.165) is 31.2 Å². The minimum absolute atomic E-state index is 0.0552. The molecule has 0 spiro atoms. The summed E-state index contributed by atoms with van der Waals surface area (Å²) in [6.07, 6.45) is 9.06. The summed E-state index contributed by atoms with van der Waals surface area (Å²) in [5.74, 6) is -2.12. The number of fused-ring (bicyclic) bond motifs is 5. The molecule has 8 unspecified atom stereocenters. The zero-order valence-corrected chi connectivity index (χ0v) is 18.0. The number of carbonyl (C=O) groups is 1. The van der Waals surface area contributed by atoms with Crippen molar-refractivity contribution in [3.05, 3.63) is 18.2 Å². The van der Waals surface area contributed by atoms with E-state index in [4.69, 9.17) is 0 Å². The van der Waals surface area contributed by atoms with Crippen LogP contribution in [0.15, 0.2) is 12.4 Å². The van der Waals surface area contributed by atoms with Crippen molar-refractivity contribution in [2.45, 2.75) is 77.7 Å². The summed E-state index contributed by atoms with van der Waals surface area (Å²) in [4.78, 5) is 13.1. The van der Waals surface area contributed by atoms with Crippen LogP contribution in [0.1, 0.15) is 65.2 Å². The molecule has 0 saturated heterocycles. The molecule has 3 nitrogen and oxygen atoms in total. The quantitative estimate of drug-likeness (QED) is 0.622. The molecule has 5 rings (SSSR count). The molecule has 0 aromatic carbocycles. The molecule has 1 aromatic heterocycles. The van der Waals surface area contributed by atoms with E-state index in [1.807, 2.05) is 0 Å². The van der Waals surface area contributed by atoms with E-state index in [9.17, 15) is 9.18 Å². The molecule has 8 atom stereocenters. The third-order valence-electron chi connectivity index (χ3n) is 9.64. The third kappa shape index (κ3) is 2.99. The van der Waals surface area contributed by atoms with Crippen molar-refractivity contribution in [2.75, 3.05) is 0 Å². The number of hydrogen-bond acceptors (Lipinski definition) is 2. The van der Waals surface area contributed by atoms with Gasteiger partial charge in [-0.3, -0.25) is 9.48 Å². The molecule has 166 valence electrons. The zero-order valence-electron chi connectivity index (χ0n) is 18.0. The molecule has 0 bridgehead atoms. The number of halogens is 3. The molecular formula is C24H33F3N2O. The number of Topliss-reactive ketones (excluding diaryl/α,β-unsaturated/α-hetero) is 1. The Hall–Kier alpha value is -1.33. The number of rotatable bonds is 3. The van der Waals surface area contributed by atoms with Gasteiger partial charge in [0.15, 0.2) is 11.6 Å². The summed E-state index contributed by atoms with van der Waals surface area (Å²) in [5.41, 5.74) is -1.29. The standard InChI is InChI=1S/C24H33F3N2O/c1-14-3-5-17-15(9-14)4-6-18-19(17)10-24(26,27)23(2)20(18)7-8-21(23)22(30)13-29-12-16(25)11-28-29/h11-12,14-15,17-21H,3-10,13H2,1-2H3. The lowest BCUT2D eigenvalue weighted by Crippen LogP contribution is -2.59. The second-order valence-corrected chi connectivity index (χ2v) is 11.0. The second kappa shape index (κ2) is 7.09. The van der Waals surface area contributed by atoms with Gasteiger partial charge in [-0.1, -0.05) is 20.3 Å². The maximum atomic E-state index is 15.9. The fourth-order valence-corrected chi connectivity index (χ4v) is 8.25. The first-order chi connectivity index (χ1) is 14.2. The summed E-state index contributed by atoms with van der Waals surface area (Å²) in [7, 11) is 0. The maximum Gasteiger partial charge on any atom is 0.254 e. The molecule has 0 aliphatic heterocycles. The third-order valence-corrected chi connectivity index (χ3v) is 9.64. The predicted octanol–water partition coefficient (Wildman–Crippen LogP) is 5.74. The number of ketones is 1. The van der Waals surface area contributed by atoms with Gasteiger partial charge < -0.3 is 0 Å². The molecule has 0 amide bonds. The van der Waals surface area contributed by atoms with Gasteiger partial charge in [0, 0.05) is 17.8 Å². The van der Waals surface area contributed by atoms with Crippen LogP contribution in [0, 0.1) is 52.7 Å². The van der Waals surface area contributed by atoms with Crippen molar-refractivity contribution in [1.29, 1.82) is 0 Å². The Labute approximate surface area is 176 Å². The highest BCUT2D eigenvalue weighted by molar-refractivity contribution is 5.82. The Morgan fingerprint density at radius 1 is 1.13 bits per heavy atom. The van der Waals surface area contributed by atoms with E-state index in [-0.39, 0.29) is 30.6 Å². The van der Waals surface area contributed by atoms with Crippen LogP contribution in [0.4, 0.5) is 13.2 Å². The van der Waals surface area contributed by atoms with Crippen molar-refractivity contribution in [1.82, 2.24) is 9.78 Å². The van der Waals surface area contributed by atoms with Crippen LogP contribution in [0.5, 0.6) is 0 Å². The van der Waals surface area contributed by atoms with E-state index < -0.39 is 23.1 Å². The summed E-state index contributed by atoms with van der Waals surface area (Å²) in [5, 5.41) is 3.84. The lowest BCUT2D eigenvalue weighted by molar-refractivity contribution is -0.226. The van der Waals surface area contributed by atoms with E-state index in [0.29, 0.717) is 30.6 Å². The Morgan fingerprint density at radius 2 is 1.90 bits per heavy atom. The molecule has 4 aliphatic rings. The van der Waals surface area contributed by atoms with Gasteiger partial charge in [0.2, 0.25) is 0 Å². The van der Waals surface area contributed by atoms with Crippen molar-refractivity contribution in [3.63, 3.8) is 0 Å². The largest absolute Gasteiger partial charge is 0.297 e. The van der Waals surface area contributed by atoms with E-state index in [1.165, 1.54) is 23.9 Å². The summed E-state index contributed by atoms with van der Waals surface area (Å²) in [6, 6.07) is 0. The van der Waals surface area contributed by atoms with Gasteiger partial charge >= 0.3 is 0 Å². The van der Waals surface area contributed by atoms with E-state index in [1.54, 1.807) is 6.92 Å². The van der Waals surface area contributed by atoms with Gasteiger partial charge in [-0.25, -0.2) is 13.2 Å². The average molecular weight is 423 g/mol. The molecule has 4 saturated carbocycles. The topological polar surface area (TPSA) is 34.9 Å². The van der Waals surface area contributed by atoms with Crippen molar-refractivity contribution in [2.24, 2.45) is 46.8 Å². The molecule has 4 aliphatic carbocycles. The van der Waals surface area contributed by atoms with Gasteiger partial charge in [0.1, 0.15) is 0 Å². The fraction of sp³-hybridized carbons (Fsp3) is 0.833. The van der Waals surface area contributed by atoms with Crippen molar-refractivity contribution >= 4 is 5.78 Å². The van der Waals surface area contributed by atoms with Gasteiger partial charge in [-0.15, -0.1) is 0 Å². The predicted molar refractivity (Wildman–Crippen MR) is 107 cm³/mol. The van der Waals surface area contributed by atoms with Crippen molar-refractivity contribution < 1.29 is 18.0 Å². The highest BCUT2D eigenvalue weighted by Crippen LogP contribution is 2.69. The lowest BCUT2D eigenvalue weighted by atomic mass is 9.48. The average Bonchev–Trinajstić information content (AvgIpc) is 3.25. The van der Waals surface area contributed by atoms with Crippen LogP contribution >= 0.6 is 0 Å². The van der Waals surface area contributed by atoms with E-state index >= 15 is 8.78 Å². The zero-order chi connectivity index (χ0) is 21.3.